The number of fused-ring (bicyclic) bond motifs is 3. The Morgan fingerprint density at radius 1 is 0.417 bits per heavy atom. The first-order valence-corrected chi connectivity index (χ1v) is 19.9. The molecule has 1 N–H and O–H groups in total. The van der Waals surface area contributed by atoms with Crippen LogP contribution in [-0.4, -0.2) is 0 Å². The van der Waals surface area contributed by atoms with Gasteiger partial charge in [-0.3, -0.25) is 0 Å². The normalized spacial score (nSPS) is 12.7. The topological polar surface area (TPSA) is 18.5 Å². The van der Waals surface area contributed by atoms with Gasteiger partial charge in [-0.15, -0.1) is 0 Å². The van der Waals surface area contributed by atoms with Crippen LogP contribution >= 0.6 is 0 Å². The minimum absolute atomic E-state index is 0.0479. The lowest BCUT2D eigenvalue weighted by molar-refractivity contribution is 0.630. The average Bonchev–Trinajstić information content (AvgIpc) is 3.35. The molecule has 11 rings (SSSR count). The zero-order valence-electron chi connectivity index (χ0n) is 37.2. The summed E-state index contributed by atoms with van der Waals surface area (Å²) in [4.78, 5) is 3.79. The molecule has 1 aliphatic heterocycles. The van der Waals surface area contributed by atoms with Crippen molar-refractivity contribution in [3.8, 4) is 33.4 Å². The van der Waals surface area contributed by atoms with Gasteiger partial charge in [-0.1, -0.05) is 158 Å². The molecular formula is C56H38FN3. The number of rotatable bonds is 8. The van der Waals surface area contributed by atoms with E-state index in [9.17, 15) is 2.74 Å². The molecule has 3 nitrogen and oxygen atoms in total. The van der Waals surface area contributed by atoms with Crippen LogP contribution in [0.15, 0.2) is 224 Å². The fraction of sp³-hybridized carbons (Fsp3) is 0. The van der Waals surface area contributed by atoms with E-state index in [4.69, 9.17) is 4.11 Å². The largest absolute Gasteiger partial charge is 0.354 e. The second-order valence-corrected chi connectivity index (χ2v) is 14.8. The number of halogens is 1. The van der Waals surface area contributed by atoms with Gasteiger partial charge in [0.15, 0.2) is 0 Å². The van der Waals surface area contributed by atoms with Gasteiger partial charge in [-0.2, -0.15) is 0 Å². The lowest BCUT2D eigenvalue weighted by Gasteiger charge is -2.32. The standard InChI is InChI=1S/C56H38FN3/c57-50-36-41(38-17-5-1-6-18-38)35-49(40-19-7-2-8-20-40)56(50)59(42-23-9-3-10-24-42)44-31-32-46-47-33-34-54(48-28-16-29-51(55(47)48)58-52(46)37-44)60(43-25-11-4-12-26-43)53-30-15-22-39-21-13-14-27-45(39)53/h1-37,58H/i3D,9D,10D,23D,24D. The highest BCUT2D eigenvalue weighted by atomic mass is 19.1. The Hall–Kier alpha value is -7.95. The Morgan fingerprint density at radius 3 is 1.87 bits per heavy atom. The van der Waals surface area contributed by atoms with Crippen LogP contribution in [0.1, 0.15) is 6.85 Å². The molecule has 0 radical (unpaired) electrons. The van der Waals surface area contributed by atoms with Crippen molar-refractivity contribution in [2.24, 2.45) is 0 Å². The smallest absolute Gasteiger partial charge is 0.148 e. The van der Waals surface area contributed by atoms with Gasteiger partial charge in [-0.25, -0.2) is 4.39 Å². The van der Waals surface area contributed by atoms with Gasteiger partial charge < -0.3 is 15.1 Å². The van der Waals surface area contributed by atoms with Crippen molar-refractivity contribution < 1.29 is 11.2 Å². The number of para-hydroxylation sites is 2. The zero-order chi connectivity index (χ0) is 44.3. The molecule has 10 aromatic carbocycles. The summed E-state index contributed by atoms with van der Waals surface area (Å²) < 4.78 is 61.8. The molecule has 0 amide bonds. The summed E-state index contributed by atoms with van der Waals surface area (Å²) in [6, 6.07) is 61.1. The maximum atomic E-state index is 17.5. The predicted octanol–water partition coefficient (Wildman–Crippen LogP) is 16.1. The molecule has 1 heterocycles. The lowest BCUT2D eigenvalue weighted by Crippen LogP contribution is -2.14. The first-order chi connectivity index (χ1) is 31.8. The Morgan fingerprint density at radius 2 is 1.07 bits per heavy atom. The molecule has 0 saturated carbocycles. The SMILES string of the molecule is [2H]c1c([2H])c([2H])c(N(c2ccc3c(c2)Nc2cccc4c(N(c5ccccc5)c5cccc6ccccc56)ccc-3c24)c2c(F)cc(-c3ccccc3)cc2-c2ccccc2)c([2H])c1[2H]. The van der Waals surface area contributed by atoms with Crippen molar-refractivity contribution >= 4 is 67.0 Å². The first-order valence-electron chi connectivity index (χ1n) is 22.4. The van der Waals surface area contributed by atoms with Crippen LogP contribution in [0, 0.1) is 5.82 Å². The van der Waals surface area contributed by atoms with Crippen LogP contribution in [0.5, 0.6) is 0 Å². The van der Waals surface area contributed by atoms with E-state index in [0.29, 0.717) is 28.1 Å². The van der Waals surface area contributed by atoms with Gasteiger partial charge in [0, 0.05) is 55.7 Å². The van der Waals surface area contributed by atoms with E-state index in [1.807, 2.05) is 115 Å². The quantitative estimate of drug-likeness (QED) is 0.166. The molecule has 0 fully saturated rings. The van der Waals surface area contributed by atoms with Crippen LogP contribution in [0.4, 0.5) is 49.9 Å². The van der Waals surface area contributed by atoms with Crippen molar-refractivity contribution in [2.45, 2.75) is 0 Å². The van der Waals surface area contributed by atoms with Crippen molar-refractivity contribution in [1.29, 1.82) is 0 Å². The maximum Gasteiger partial charge on any atom is 0.148 e. The Balaban J connectivity index is 1.12. The van der Waals surface area contributed by atoms with E-state index in [1.54, 1.807) is 0 Å². The molecule has 0 aromatic heterocycles. The van der Waals surface area contributed by atoms with Gasteiger partial charge in [-0.05, 0) is 94.3 Å². The average molecular weight is 777 g/mol. The van der Waals surface area contributed by atoms with E-state index in [2.05, 4.69) is 83.0 Å². The first kappa shape index (κ1) is 30.2. The van der Waals surface area contributed by atoms with Crippen LogP contribution in [-0.2, 0) is 0 Å². The lowest BCUT2D eigenvalue weighted by atomic mass is 9.90. The van der Waals surface area contributed by atoms with Crippen LogP contribution in [0.3, 0.4) is 0 Å². The fourth-order valence-electron chi connectivity index (χ4n) is 8.64. The van der Waals surface area contributed by atoms with Crippen LogP contribution in [0.25, 0.3) is 54.9 Å². The van der Waals surface area contributed by atoms with Crippen molar-refractivity contribution in [3.63, 3.8) is 0 Å². The second-order valence-electron chi connectivity index (χ2n) is 14.8. The summed E-state index contributed by atoms with van der Waals surface area (Å²) in [5.74, 6) is -0.625. The number of nitrogens with zero attached hydrogens (tertiary/aromatic N) is 2. The summed E-state index contributed by atoms with van der Waals surface area (Å²) >= 11 is 0. The molecule has 1 aliphatic rings. The van der Waals surface area contributed by atoms with Gasteiger partial charge in [0.05, 0.1) is 23.9 Å². The highest BCUT2D eigenvalue weighted by molar-refractivity contribution is 6.17. The van der Waals surface area contributed by atoms with Gasteiger partial charge in [0.2, 0.25) is 0 Å². The third-order valence-electron chi connectivity index (χ3n) is 11.3. The molecule has 0 saturated heterocycles. The second kappa shape index (κ2) is 14.8. The molecule has 60 heavy (non-hydrogen) atoms. The molecule has 10 aromatic rings. The molecule has 0 aliphatic carbocycles. The molecule has 4 heteroatoms. The minimum Gasteiger partial charge on any atom is -0.354 e. The van der Waals surface area contributed by atoms with Crippen LogP contribution in [0.2, 0.25) is 0 Å². The van der Waals surface area contributed by atoms with Gasteiger partial charge in [0.1, 0.15) is 5.82 Å². The summed E-state index contributed by atoms with van der Waals surface area (Å²) in [5.41, 5.74) is 9.43. The third-order valence-corrected chi connectivity index (χ3v) is 11.3. The van der Waals surface area contributed by atoms with E-state index < -0.39 is 36.0 Å². The zero-order valence-corrected chi connectivity index (χ0v) is 32.2. The monoisotopic (exact) mass is 776 g/mol. The Kier molecular flexibility index (Phi) is 7.43. The van der Waals surface area contributed by atoms with Gasteiger partial charge >= 0.3 is 0 Å². The minimum atomic E-state index is -0.625. The Bertz CT molecular complexity index is 3460. The molecular weight excluding hydrogens is 734 g/mol. The van der Waals surface area contributed by atoms with Crippen molar-refractivity contribution in [2.75, 3.05) is 15.1 Å². The van der Waals surface area contributed by atoms with E-state index in [0.717, 1.165) is 61.0 Å². The van der Waals surface area contributed by atoms with E-state index in [-0.39, 0.29) is 11.4 Å². The number of hydrogen-bond acceptors (Lipinski definition) is 3. The number of anilines is 8. The molecule has 284 valence electrons. The molecule has 0 atom stereocenters. The summed E-state index contributed by atoms with van der Waals surface area (Å²) in [6.45, 7) is 0. The van der Waals surface area contributed by atoms with E-state index in [1.165, 1.54) is 11.0 Å². The third kappa shape index (κ3) is 6.05. The summed E-state index contributed by atoms with van der Waals surface area (Å²) in [6.07, 6.45) is 0. The summed E-state index contributed by atoms with van der Waals surface area (Å²) in [7, 11) is 0. The van der Waals surface area contributed by atoms with Gasteiger partial charge in [0.25, 0.3) is 0 Å². The highest BCUT2D eigenvalue weighted by Gasteiger charge is 2.27. The van der Waals surface area contributed by atoms with Crippen molar-refractivity contribution in [3.05, 3.63) is 230 Å². The fourth-order valence-corrected chi connectivity index (χ4v) is 8.64. The predicted molar refractivity (Wildman–Crippen MR) is 250 cm³/mol. The van der Waals surface area contributed by atoms with E-state index >= 15 is 4.39 Å². The Labute approximate surface area is 355 Å². The highest BCUT2D eigenvalue weighted by Crippen LogP contribution is 2.52. The molecule has 0 unspecified atom stereocenters. The number of benzene rings is 10. The summed E-state index contributed by atoms with van der Waals surface area (Å²) in [5, 5.41) is 8.02. The number of hydrogen-bond donors (Lipinski definition) is 1. The van der Waals surface area contributed by atoms with Crippen LogP contribution < -0.4 is 15.1 Å². The van der Waals surface area contributed by atoms with Crippen molar-refractivity contribution in [1.82, 2.24) is 0 Å². The maximum absolute atomic E-state index is 17.5. The molecule has 0 spiro atoms. The molecule has 0 bridgehead atoms. The number of nitrogens with one attached hydrogen (secondary N) is 1.